The van der Waals surface area contributed by atoms with Crippen LogP contribution >= 0.6 is 0 Å². The maximum atomic E-state index is 11.2. The first-order valence-electron chi connectivity index (χ1n) is 5.83. The van der Waals surface area contributed by atoms with E-state index < -0.39 is 9.84 Å². The molecule has 0 unspecified atom stereocenters. The lowest BCUT2D eigenvalue weighted by Crippen LogP contribution is -2.42. The molecule has 5 heteroatoms. The lowest BCUT2D eigenvalue weighted by atomic mass is 10.2. The minimum absolute atomic E-state index is 0.261. The van der Waals surface area contributed by atoms with Crippen LogP contribution in [0.4, 0.5) is 0 Å². The summed E-state index contributed by atoms with van der Waals surface area (Å²) < 4.78 is 22.4. The number of hydrogen-bond donors (Lipinski definition) is 1. The van der Waals surface area contributed by atoms with Crippen LogP contribution in [0.15, 0.2) is 0 Å². The van der Waals surface area contributed by atoms with Gasteiger partial charge in [0.25, 0.3) is 0 Å². The molecule has 15 heavy (non-hydrogen) atoms. The van der Waals surface area contributed by atoms with E-state index in [1.165, 1.54) is 19.3 Å². The molecule has 1 rings (SSSR count). The summed E-state index contributed by atoms with van der Waals surface area (Å²) in [5.41, 5.74) is 3.29. The van der Waals surface area contributed by atoms with E-state index in [2.05, 4.69) is 10.4 Å². The number of piperidine rings is 1. The molecule has 1 aliphatic rings. The van der Waals surface area contributed by atoms with Gasteiger partial charge in [0, 0.05) is 25.4 Å². The SMILES string of the molecule is CCS(=O)(=O)CCCNN1CCCCC1. The molecule has 1 aliphatic heterocycles. The molecule has 0 spiro atoms. The highest BCUT2D eigenvalue weighted by molar-refractivity contribution is 7.91. The smallest absolute Gasteiger partial charge is 0.150 e. The maximum Gasteiger partial charge on any atom is 0.150 e. The second kappa shape index (κ2) is 6.45. The highest BCUT2D eigenvalue weighted by Crippen LogP contribution is 2.05. The number of hydrazine groups is 1. The predicted octanol–water partition coefficient (Wildman–Crippen LogP) is 0.802. The fourth-order valence-electron chi connectivity index (χ4n) is 1.73. The Labute approximate surface area is 92.9 Å². The third-order valence-electron chi connectivity index (χ3n) is 2.76. The van der Waals surface area contributed by atoms with Crippen LogP contribution in [0.1, 0.15) is 32.6 Å². The standard InChI is InChI=1S/C10H22N2O2S/c1-2-15(13,14)10-6-7-11-12-8-4-3-5-9-12/h11H,2-10H2,1H3. The molecule has 0 bridgehead atoms. The fourth-order valence-corrected chi connectivity index (χ4v) is 2.60. The van der Waals surface area contributed by atoms with Gasteiger partial charge in [-0.3, -0.25) is 5.43 Å². The number of nitrogens with zero attached hydrogens (tertiary/aromatic N) is 1. The largest absolute Gasteiger partial charge is 0.255 e. The number of sulfone groups is 1. The summed E-state index contributed by atoms with van der Waals surface area (Å²) >= 11 is 0. The van der Waals surface area contributed by atoms with E-state index in [-0.39, 0.29) is 5.75 Å². The van der Waals surface area contributed by atoms with E-state index in [9.17, 15) is 8.42 Å². The van der Waals surface area contributed by atoms with Crippen LogP contribution in [0.2, 0.25) is 0 Å². The predicted molar refractivity (Wildman–Crippen MR) is 62.4 cm³/mol. The van der Waals surface area contributed by atoms with E-state index in [4.69, 9.17) is 0 Å². The molecule has 1 saturated heterocycles. The molecule has 0 aromatic rings. The monoisotopic (exact) mass is 234 g/mol. The summed E-state index contributed by atoms with van der Waals surface area (Å²) in [4.78, 5) is 0. The molecule has 0 saturated carbocycles. The van der Waals surface area contributed by atoms with Crippen molar-refractivity contribution in [1.29, 1.82) is 0 Å². The third kappa shape index (κ3) is 5.49. The first kappa shape index (κ1) is 12.9. The molecule has 0 aromatic heterocycles. The topological polar surface area (TPSA) is 49.4 Å². The van der Waals surface area contributed by atoms with Crippen molar-refractivity contribution >= 4 is 9.84 Å². The number of hydrogen-bond acceptors (Lipinski definition) is 4. The van der Waals surface area contributed by atoms with Gasteiger partial charge in [-0.1, -0.05) is 13.3 Å². The second-order valence-electron chi connectivity index (χ2n) is 4.05. The van der Waals surface area contributed by atoms with Crippen molar-refractivity contribution in [3.05, 3.63) is 0 Å². The molecule has 0 aliphatic carbocycles. The summed E-state index contributed by atoms with van der Waals surface area (Å²) in [7, 11) is -2.78. The van der Waals surface area contributed by atoms with Crippen molar-refractivity contribution in [3.8, 4) is 0 Å². The van der Waals surface area contributed by atoms with Crippen molar-refractivity contribution < 1.29 is 8.42 Å². The van der Waals surface area contributed by atoms with Gasteiger partial charge in [-0.15, -0.1) is 0 Å². The van der Waals surface area contributed by atoms with E-state index in [0.717, 1.165) is 19.6 Å². The van der Waals surface area contributed by atoms with Crippen molar-refractivity contribution in [1.82, 2.24) is 10.4 Å². The van der Waals surface area contributed by atoms with E-state index in [1.807, 2.05) is 0 Å². The fraction of sp³-hybridized carbons (Fsp3) is 1.00. The Morgan fingerprint density at radius 2 is 1.87 bits per heavy atom. The van der Waals surface area contributed by atoms with Gasteiger partial charge in [0.05, 0.1) is 5.75 Å². The Balaban J connectivity index is 2.06. The van der Waals surface area contributed by atoms with Crippen LogP contribution in [-0.2, 0) is 9.84 Å². The third-order valence-corrected chi connectivity index (χ3v) is 4.55. The van der Waals surface area contributed by atoms with Gasteiger partial charge in [-0.05, 0) is 19.3 Å². The van der Waals surface area contributed by atoms with Crippen molar-refractivity contribution in [3.63, 3.8) is 0 Å². The molecule has 1 fully saturated rings. The lowest BCUT2D eigenvalue weighted by molar-refractivity contribution is 0.155. The molecule has 1 heterocycles. The first-order chi connectivity index (χ1) is 7.14. The zero-order valence-corrected chi connectivity index (χ0v) is 10.4. The summed E-state index contributed by atoms with van der Waals surface area (Å²) in [6, 6.07) is 0. The normalized spacial score (nSPS) is 19.3. The summed E-state index contributed by atoms with van der Waals surface area (Å²) in [6.07, 6.45) is 4.54. The van der Waals surface area contributed by atoms with Crippen molar-refractivity contribution in [2.45, 2.75) is 32.6 Å². The Kier molecular flexibility index (Phi) is 5.56. The van der Waals surface area contributed by atoms with Crippen LogP contribution in [0.5, 0.6) is 0 Å². The Morgan fingerprint density at radius 3 is 2.47 bits per heavy atom. The van der Waals surface area contributed by atoms with Crippen LogP contribution in [0.25, 0.3) is 0 Å². The van der Waals surface area contributed by atoms with E-state index in [1.54, 1.807) is 6.92 Å². The molecule has 0 aromatic carbocycles. The van der Waals surface area contributed by atoms with Crippen LogP contribution in [0, 0.1) is 0 Å². The highest BCUT2D eigenvalue weighted by atomic mass is 32.2. The lowest BCUT2D eigenvalue weighted by Gasteiger charge is -2.27. The molecule has 4 nitrogen and oxygen atoms in total. The van der Waals surface area contributed by atoms with Crippen LogP contribution in [-0.4, -0.2) is 44.6 Å². The van der Waals surface area contributed by atoms with Gasteiger partial charge < -0.3 is 0 Å². The molecule has 1 N–H and O–H groups in total. The molecule has 0 atom stereocenters. The van der Waals surface area contributed by atoms with Gasteiger partial charge in [0.15, 0.2) is 0 Å². The van der Waals surface area contributed by atoms with E-state index >= 15 is 0 Å². The number of rotatable bonds is 6. The summed E-state index contributed by atoms with van der Waals surface area (Å²) in [5, 5.41) is 2.21. The minimum Gasteiger partial charge on any atom is -0.255 e. The molecule has 0 radical (unpaired) electrons. The van der Waals surface area contributed by atoms with Crippen LogP contribution in [0.3, 0.4) is 0 Å². The Bertz CT molecular complexity index is 259. The van der Waals surface area contributed by atoms with Crippen molar-refractivity contribution in [2.75, 3.05) is 31.1 Å². The molecular formula is C10H22N2O2S. The first-order valence-corrected chi connectivity index (χ1v) is 7.65. The van der Waals surface area contributed by atoms with Gasteiger partial charge in [0.1, 0.15) is 9.84 Å². The average Bonchev–Trinajstić information content (AvgIpc) is 2.26. The molecule has 90 valence electrons. The van der Waals surface area contributed by atoms with Crippen molar-refractivity contribution in [2.24, 2.45) is 0 Å². The van der Waals surface area contributed by atoms with Gasteiger partial charge in [-0.2, -0.15) is 0 Å². The highest BCUT2D eigenvalue weighted by Gasteiger charge is 2.10. The van der Waals surface area contributed by atoms with Crippen LogP contribution < -0.4 is 5.43 Å². The van der Waals surface area contributed by atoms with Gasteiger partial charge in [0.2, 0.25) is 0 Å². The Morgan fingerprint density at radius 1 is 1.20 bits per heavy atom. The quantitative estimate of drug-likeness (QED) is 0.691. The molecular weight excluding hydrogens is 212 g/mol. The zero-order valence-electron chi connectivity index (χ0n) is 9.54. The summed E-state index contributed by atoms with van der Waals surface area (Å²) in [5.74, 6) is 0.570. The Hall–Kier alpha value is -0.130. The zero-order chi connectivity index (χ0) is 11.1. The second-order valence-corrected chi connectivity index (χ2v) is 6.52. The van der Waals surface area contributed by atoms with Gasteiger partial charge in [-0.25, -0.2) is 13.4 Å². The summed E-state index contributed by atoms with van der Waals surface area (Å²) in [6.45, 7) is 4.67. The molecule has 0 amide bonds. The average molecular weight is 234 g/mol. The maximum absolute atomic E-state index is 11.2. The number of nitrogens with one attached hydrogen (secondary N) is 1. The minimum atomic E-state index is -2.78. The van der Waals surface area contributed by atoms with E-state index in [0.29, 0.717) is 12.2 Å². The van der Waals surface area contributed by atoms with Gasteiger partial charge >= 0.3 is 0 Å².